The summed E-state index contributed by atoms with van der Waals surface area (Å²) in [6.45, 7) is 7.31. The minimum atomic E-state index is 0.969. The van der Waals surface area contributed by atoms with Gasteiger partial charge in [0, 0.05) is 18.1 Å². The normalized spacial score (nSPS) is 10.7. The van der Waals surface area contributed by atoms with Crippen LogP contribution in [0.15, 0.2) is 34.8 Å². The third-order valence-electron chi connectivity index (χ3n) is 3.70. The number of aromatic nitrogens is 1. The summed E-state index contributed by atoms with van der Waals surface area (Å²) in [5.41, 5.74) is 5.13. The summed E-state index contributed by atoms with van der Waals surface area (Å²) in [6, 6.07) is 10.8. The Bertz CT molecular complexity index is 608. The SMILES string of the molecule is Cc1ccc(CCN(C)c2ccc(Br)c(C)n2)cc1C. The molecule has 2 nitrogen and oxygen atoms in total. The predicted molar refractivity (Wildman–Crippen MR) is 89.6 cm³/mol. The second-order valence-corrected chi connectivity index (χ2v) is 6.18. The van der Waals surface area contributed by atoms with Gasteiger partial charge in [0.25, 0.3) is 0 Å². The van der Waals surface area contributed by atoms with E-state index in [1.807, 2.05) is 6.92 Å². The highest BCUT2D eigenvalue weighted by molar-refractivity contribution is 9.10. The molecule has 0 aliphatic heterocycles. The lowest BCUT2D eigenvalue weighted by Gasteiger charge is -2.19. The van der Waals surface area contributed by atoms with Crippen molar-refractivity contribution in [3.63, 3.8) is 0 Å². The van der Waals surface area contributed by atoms with Crippen molar-refractivity contribution in [3.8, 4) is 0 Å². The largest absolute Gasteiger partial charge is 0.359 e. The van der Waals surface area contributed by atoms with Crippen LogP contribution in [-0.4, -0.2) is 18.6 Å². The molecule has 3 heteroatoms. The van der Waals surface area contributed by atoms with E-state index in [0.29, 0.717) is 0 Å². The molecule has 20 heavy (non-hydrogen) atoms. The molecule has 1 heterocycles. The summed E-state index contributed by atoms with van der Waals surface area (Å²) in [7, 11) is 2.09. The maximum absolute atomic E-state index is 4.60. The Morgan fingerprint density at radius 1 is 1.05 bits per heavy atom. The molecule has 0 saturated carbocycles. The van der Waals surface area contributed by atoms with Crippen molar-refractivity contribution in [3.05, 3.63) is 57.2 Å². The zero-order valence-corrected chi connectivity index (χ0v) is 14.2. The molecular formula is C17H21BrN2. The van der Waals surface area contributed by atoms with Crippen LogP contribution >= 0.6 is 15.9 Å². The summed E-state index contributed by atoms with van der Waals surface area (Å²) in [5.74, 6) is 1.02. The first-order chi connectivity index (χ1) is 9.47. The summed E-state index contributed by atoms with van der Waals surface area (Å²) in [4.78, 5) is 6.80. The number of hydrogen-bond acceptors (Lipinski definition) is 2. The van der Waals surface area contributed by atoms with Crippen molar-refractivity contribution in [2.24, 2.45) is 0 Å². The zero-order chi connectivity index (χ0) is 14.7. The molecule has 0 aliphatic carbocycles. The van der Waals surface area contributed by atoms with E-state index in [1.54, 1.807) is 0 Å². The van der Waals surface area contributed by atoms with Gasteiger partial charge in [0.15, 0.2) is 0 Å². The first kappa shape index (κ1) is 15.0. The second-order valence-electron chi connectivity index (χ2n) is 5.33. The molecule has 1 aromatic heterocycles. The molecule has 2 aromatic rings. The summed E-state index contributed by atoms with van der Waals surface area (Å²) < 4.78 is 1.06. The first-order valence-electron chi connectivity index (χ1n) is 6.88. The number of benzene rings is 1. The van der Waals surface area contributed by atoms with Crippen molar-refractivity contribution in [1.29, 1.82) is 0 Å². The van der Waals surface area contributed by atoms with E-state index in [-0.39, 0.29) is 0 Å². The molecule has 0 atom stereocenters. The number of nitrogens with zero attached hydrogens (tertiary/aromatic N) is 2. The lowest BCUT2D eigenvalue weighted by molar-refractivity contribution is 0.854. The lowest BCUT2D eigenvalue weighted by Crippen LogP contribution is -2.21. The van der Waals surface area contributed by atoms with E-state index < -0.39 is 0 Å². The van der Waals surface area contributed by atoms with Crippen molar-refractivity contribution in [2.45, 2.75) is 27.2 Å². The van der Waals surface area contributed by atoms with Gasteiger partial charge in [-0.3, -0.25) is 0 Å². The summed E-state index contributed by atoms with van der Waals surface area (Å²) >= 11 is 3.49. The molecule has 106 valence electrons. The molecule has 1 aromatic carbocycles. The number of anilines is 1. The van der Waals surface area contributed by atoms with E-state index in [2.05, 4.69) is 77.0 Å². The number of hydrogen-bond donors (Lipinski definition) is 0. The van der Waals surface area contributed by atoms with Crippen LogP contribution < -0.4 is 4.90 Å². The Balaban J connectivity index is 2.02. The second kappa shape index (κ2) is 6.40. The quantitative estimate of drug-likeness (QED) is 0.822. The van der Waals surface area contributed by atoms with E-state index in [9.17, 15) is 0 Å². The Hall–Kier alpha value is -1.35. The minimum Gasteiger partial charge on any atom is -0.359 e. The molecule has 0 N–H and O–H groups in total. The summed E-state index contributed by atoms with van der Waals surface area (Å²) in [6.07, 6.45) is 1.04. The van der Waals surface area contributed by atoms with Crippen LogP contribution in [0.25, 0.3) is 0 Å². The van der Waals surface area contributed by atoms with Gasteiger partial charge in [-0.15, -0.1) is 0 Å². The lowest BCUT2D eigenvalue weighted by atomic mass is 10.0. The number of aryl methyl sites for hydroxylation is 3. The third kappa shape index (κ3) is 3.60. The van der Waals surface area contributed by atoms with Gasteiger partial charge in [0.05, 0.1) is 5.69 Å². The van der Waals surface area contributed by atoms with E-state index in [0.717, 1.165) is 29.0 Å². The molecule has 0 amide bonds. The van der Waals surface area contributed by atoms with Gasteiger partial charge in [-0.05, 0) is 71.9 Å². The van der Waals surface area contributed by atoms with Gasteiger partial charge in [-0.25, -0.2) is 4.98 Å². The van der Waals surface area contributed by atoms with Crippen molar-refractivity contribution in [2.75, 3.05) is 18.5 Å². The highest BCUT2D eigenvalue weighted by atomic mass is 79.9. The Morgan fingerprint density at radius 2 is 1.80 bits per heavy atom. The van der Waals surface area contributed by atoms with Gasteiger partial charge in [-0.2, -0.15) is 0 Å². The molecular weight excluding hydrogens is 312 g/mol. The van der Waals surface area contributed by atoms with Crippen LogP contribution in [0.4, 0.5) is 5.82 Å². The molecule has 2 rings (SSSR count). The topological polar surface area (TPSA) is 16.1 Å². The van der Waals surface area contributed by atoms with Crippen molar-refractivity contribution < 1.29 is 0 Å². The van der Waals surface area contributed by atoms with Crippen LogP contribution in [0.5, 0.6) is 0 Å². The van der Waals surface area contributed by atoms with Gasteiger partial charge >= 0.3 is 0 Å². The maximum Gasteiger partial charge on any atom is 0.128 e. The fourth-order valence-electron chi connectivity index (χ4n) is 2.11. The smallest absolute Gasteiger partial charge is 0.128 e. The van der Waals surface area contributed by atoms with E-state index >= 15 is 0 Å². The Kier molecular flexibility index (Phi) is 4.81. The van der Waals surface area contributed by atoms with Gasteiger partial charge in [0.2, 0.25) is 0 Å². The van der Waals surface area contributed by atoms with Crippen LogP contribution in [0.1, 0.15) is 22.4 Å². The zero-order valence-electron chi connectivity index (χ0n) is 12.6. The Morgan fingerprint density at radius 3 is 2.45 bits per heavy atom. The van der Waals surface area contributed by atoms with E-state index in [1.165, 1.54) is 16.7 Å². The molecule has 0 bridgehead atoms. The minimum absolute atomic E-state index is 0.969. The van der Waals surface area contributed by atoms with E-state index in [4.69, 9.17) is 0 Å². The third-order valence-corrected chi connectivity index (χ3v) is 4.54. The van der Waals surface area contributed by atoms with Crippen molar-refractivity contribution >= 4 is 21.7 Å². The molecule has 0 fully saturated rings. The number of likely N-dealkylation sites (N-methyl/N-ethyl adjacent to an activating group) is 1. The number of rotatable bonds is 4. The standard InChI is InChI=1S/C17H21BrN2/c1-12-5-6-15(11-13(12)2)9-10-20(4)17-8-7-16(18)14(3)19-17/h5-8,11H,9-10H2,1-4H3. The molecule has 0 spiro atoms. The van der Waals surface area contributed by atoms with Crippen LogP contribution in [-0.2, 0) is 6.42 Å². The number of pyridine rings is 1. The predicted octanol–water partition coefficient (Wildman–Crippen LogP) is 4.45. The Labute approximate surface area is 130 Å². The molecule has 0 aliphatic rings. The van der Waals surface area contributed by atoms with Crippen molar-refractivity contribution in [1.82, 2.24) is 4.98 Å². The highest BCUT2D eigenvalue weighted by Gasteiger charge is 2.05. The van der Waals surface area contributed by atoms with Crippen LogP contribution in [0.3, 0.4) is 0 Å². The highest BCUT2D eigenvalue weighted by Crippen LogP contribution is 2.18. The molecule has 0 saturated heterocycles. The fourth-order valence-corrected chi connectivity index (χ4v) is 2.33. The number of halogens is 1. The van der Waals surface area contributed by atoms with Crippen LogP contribution in [0.2, 0.25) is 0 Å². The van der Waals surface area contributed by atoms with Crippen LogP contribution in [0, 0.1) is 20.8 Å². The fraction of sp³-hybridized carbons (Fsp3) is 0.353. The molecule has 0 radical (unpaired) electrons. The average molecular weight is 333 g/mol. The molecule has 0 unspecified atom stereocenters. The average Bonchev–Trinajstić information content (AvgIpc) is 2.43. The first-order valence-corrected chi connectivity index (χ1v) is 7.67. The van der Waals surface area contributed by atoms with Gasteiger partial charge in [0.1, 0.15) is 5.82 Å². The summed E-state index contributed by atoms with van der Waals surface area (Å²) in [5, 5.41) is 0. The maximum atomic E-state index is 4.60. The van der Waals surface area contributed by atoms with Gasteiger partial charge < -0.3 is 4.90 Å². The van der Waals surface area contributed by atoms with Gasteiger partial charge in [-0.1, -0.05) is 18.2 Å². The monoisotopic (exact) mass is 332 g/mol.